The molecule has 0 aliphatic carbocycles. The molecule has 1 aliphatic heterocycles. The molecule has 2 aromatic rings. The van der Waals surface area contributed by atoms with Crippen LogP contribution in [0.15, 0.2) is 30.7 Å². The van der Waals surface area contributed by atoms with E-state index in [1.165, 1.54) is 0 Å². The molecule has 7 heteroatoms. The molecule has 2 amide bonds. The van der Waals surface area contributed by atoms with Crippen LogP contribution in [0.2, 0.25) is 0 Å². The molecule has 0 spiro atoms. The minimum atomic E-state index is -0.103. The van der Waals surface area contributed by atoms with Gasteiger partial charge in [0.15, 0.2) is 0 Å². The fourth-order valence-corrected chi connectivity index (χ4v) is 2.88. The Kier molecular flexibility index (Phi) is 5.53. The van der Waals surface area contributed by atoms with Crippen molar-refractivity contribution in [1.82, 2.24) is 19.9 Å². The van der Waals surface area contributed by atoms with Gasteiger partial charge in [-0.3, -0.25) is 0 Å². The Hall–Kier alpha value is -2.57. The first kappa shape index (κ1) is 17.3. The summed E-state index contributed by atoms with van der Waals surface area (Å²) >= 11 is 0. The number of hydrogen-bond donors (Lipinski definition) is 2. The van der Waals surface area contributed by atoms with Crippen molar-refractivity contribution in [2.75, 3.05) is 25.0 Å². The molecule has 134 valence electrons. The number of aromatic nitrogens is 3. The molecule has 0 saturated carbocycles. The second kappa shape index (κ2) is 8.00. The van der Waals surface area contributed by atoms with Crippen LogP contribution in [0, 0.1) is 5.92 Å². The van der Waals surface area contributed by atoms with E-state index in [9.17, 15) is 4.79 Å². The lowest BCUT2D eigenvalue weighted by Gasteiger charge is -2.31. The van der Waals surface area contributed by atoms with Gasteiger partial charge in [0.05, 0.1) is 18.5 Å². The average molecular weight is 343 g/mol. The predicted octanol–water partition coefficient (Wildman–Crippen LogP) is 3.25. The summed E-state index contributed by atoms with van der Waals surface area (Å²) in [5, 5.41) is 2.91. The highest BCUT2D eigenvalue weighted by Gasteiger charge is 2.26. The van der Waals surface area contributed by atoms with Gasteiger partial charge in [-0.15, -0.1) is 0 Å². The smallest absolute Gasteiger partial charge is 0.321 e. The van der Waals surface area contributed by atoms with Gasteiger partial charge in [0, 0.05) is 37.5 Å². The lowest BCUT2D eigenvalue weighted by Crippen LogP contribution is -2.41. The van der Waals surface area contributed by atoms with Gasteiger partial charge in [0.2, 0.25) is 5.88 Å². The molecule has 3 heterocycles. The van der Waals surface area contributed by atoms with Gasteiger partial charge >= 0.3 is 6.03 Å². The summed E-state index contributed by atoms with van der Waals surface area (Å²) < 4.78 is 5.55. The number of imidazole rings is 1. The van der Waals surface area contributed by atoms with Crippen LogP contribution in [-0.2, 0) is 0 Å². The predicted molar refractivity (Wildman–Crippen MR) is 95.7 cm³/mol. The summed E-state index contributed by atoms with van der Waals surface area (Å²) in [4.78, 5) is 26.0. The van der Waals surface area contributed by atoms with E-state index in [4.69, 9.17) is 4.74 Å². The third-order valence-corrected chi connectivity index (χ3v) is 4.17. The number of carbonyl (C=O) groups is 1. The zero-order chi connectivity index (χ0) is 17.6. The second-order valence-corrected chi connectivity index (χ2v) is 6.78. The maximum Gasteiger partial charge on any atom is 0.321 e. The maximum absolute atomic E-state index is 12.5. The minimum absolute atomic E-state index is 0.103. The third-order valence-electron chi connectivity index (χ3n) is 4.17. The van der Waals surface area contributed by atoms with Crippen LogP contribution in [0.1, 0.15) is 38.4 Å². The fourth-order valence-electron chi connectivity index (χ4n) is 2.88. The monoisotopic (exact) mass is 343 g/mol. The first-order valence-corrected chi connectivity index (χ1v) is 8.76. The number of H-pyrrole nitrogens is 1. The van der Waals surface area contributed by atoms with Crippen molar-refractivity contribution in [3.8, 4) is 5.88 Å². The van der Waals surface area contributed by atoms with E-state index in [-0.39, 0.29) is 11.9 Å². The maximum atomic E-state index is 12.5. The zero-order valence-corrected chi connectivity index (χ0v) is 14.7. The number of nitrogens with zero attached hydrogens (tertiary/aromatic N) is 3. The number of rotatable bonds is 5. The average Bonchev–Trinajstić information content (AvgIpc) is 3.16. The van der Waals surface area contributed by atoms with Crippen LogP contribution in [-0.4, -0.2) is 45.6 Å². The molecule has 0 bridgehead atoms. The number of nitrogens with one attached hydrogen (secondary N) is 2. The molecule has 1 atom stereocenters. The van der Waals surface area contributed by atoms with Crippen molar-refractivity contribution in [1.29, 1.82) is 0 Å². The van der Waals surface area contributed by atoms with Crippen LogP contribution in [0.25, 0.3) is 0 Å². The van der Waals surface area contributed by atoms with Gasteiger partial charge in [-0.05, 0) is 24.8 Å². The number of amides is 2. The van der Waals surface area contributed by atoms with Crippen molar-refractivity contribution in [2.24, 2.45) is 5.92 Å². The van der Waals surface area contributed by atoms with Crippen LogP contribution in [0.5, 0.6) is 5.88 Å². The summed E-state index contributed by atoms with van der Waals surface area (Å²) in [6.07, 6.45) is 7.22. The Morgan fingerprint density at radius 3 is 3.00 bits per heavy atom. The summed E-state index contributed by atoms with van der Waals surface area (Å²) in [6, 6.07) is 3.49. The third kappa shape index (κ3) is 4.71. The van der Waals surface area contributed by atoms with Gasteiger partial charge < -0.3 is 19.9 Å². The molecule has 25 heavy (non-hydrogen) atoms. The fraction of sp³-hybridized carbons (Fsp3) is 0.500. The molecule has 0 unspecified atom stereocenters. The molecule has 1 fully saturated rings. The highest BCUT2D eigenvalue weighted by Crippen LogP contribution is 2.24. The normalized spacial score (nSPS) is 17.6. The summed E-state index contributed by atoms with van der Waals surface area (Å²) in [5.74, 6) is 2.23. The van der Waals surface area contributed by atoms with Crippen molar-refractivity contribution >= 4 is 11.7 Å². The van der Waals surface area contributed by atoms with E-state index in [0.29, 0.717) is 30.6 Å². The van der Waals surface area contributed by atoms with Crippen molar-refractivity contribution in [3.63, 3.8) is 0 Å². The van der Waals surface area contributed by atoms with Gasteiger partial charge in [-0.1, -0.05) is 13.8 Å². The van der Waals surface area contributed by atoms with Gasteiger partial charge in [0.1, 0.15) is 5.82 Å². The number of piperidine rings is 1. The SMILES string of the molecule is CC(C)COc1ccc(NC(=O)N2CCC[C@H](c3ncc[nH]3)C2)cn1. The van der Waals surface area contributed by atoms with Crippen LogP contribution >= 0.6 is 0 Å². The van der Waals surface area contributed by atoms with Gasteiger partial charge in [-0.25, -0.2) is 14.8 Å². The van der Waals surface area contributed by atoms with Crippen LogP contribution in [0.3, 0.4) is 0 Å². The van der Waals surface area contributed by atoms with E-state index in [1.807, 2.05) is 17.2 Å². The molecular weight excluding hydrogens is 318 g/mol. The number of hydrogen-bond acceptors (Lipinski definition) is 4. The molecule has 0 radical (unpaired) electrons. The Morgan fingerprint density at radius 2 is 2.32 bits per heavy atom. The van der Waals surface area contributed by atoms with Crippen molar-refractivity contribution < 1.29 is 9.53 Å². The van der Waals surface area contributed by atoms with E-state index in [0.717, 1.165) is 25.2 Å². The number of carbonyl (C=O) groups excluding carboxylic acids is 1. The highest BCUT2D eigenvalue weighted by atomic mass is 16.5. The van der Waals surface area contributed by atoms with Gasteiger partial charge in [0.25, 0.3) is 0 Å². The Labute approximate surface area is 147 Å². The molecular formula is C18H25N5O2. The van der Waals surface area contributed by atoms with E-state index in [1.54, 1.807) is 18.5 Å². The molecule has 1 saturated heterocycles. The lowest BCUT2D eigenvalue weighted by molar-refractivity contribution is 0.191. The number of likely N-dealkylation sites (tertiary alicyclic amines) is 1. The minimum Gasteiger partial charge on any atom is -0.477 e. The highest BCUT2D eigenvalue weighted by molar-refractivity contribution is 5.89. The number of aromatic amines is 1. The number of pyridine rings is 1. The Morgan fingerprint density at radius 1 is 1.44 bits per heavy atom. The largest absolute Gasteiger partial charge is 0.477 e. The van der Waals surface area contributed by atoms with Crippen LogP contribution in [0.4, 0.5) is 10.5 Å². The molecule has 1 aliphatic rings. The van der Waals surface area contributed by atoms with Crippen molar-refractivity contribution in [3.05, 3.63) is 36.5 Å². The lowest BCUT2D eigenvalue weighted by atomic mass is 9.98. The molecule has 7 nitrogen and oxygen atoms in total. The Bertz CT molecular complexity index is 669. The van der Waals surface area contributed by atoms with Gasteiger partial charge in [-0.2, -0.15) is 0 Å². The Balaban J connectivity index is 1.54. The molecule has 2 N–H and O–H groups in total. The zero-order valence-electron chi connectivity index (χ0n) is 14.7. The standard InChI is InChI=1S/C18H25N5O2/c1-13(2)12-25-16-6-5-15(10-21-16)22-18(24)23-9-3-4-14(11-23)17-19-7-8-20-17/h5-8,10,13-14H,3-4,9,11-12H2,1-2H3,(H,19,20)(H,22,24)/t14-/m0/s1. The number of ether oxygens (including phenoxy) is 1. The summed E-state index contributed by atoms with van der Waals surface area (Å²) in [7, 11) is 0. The molecule has 3 rings (SSSR count). The number of anilines is 1. The first-order chi connectivity index (χ1) is 12.1. The second-order valence-electron chi connectivity index (χ2n) is 6.78. The molecule has 0 aromatic carbocycles. The summed E-state index contributed by atoms with van der Waals surface area (Å²) in [6.45, 7) is 6.22. The van der Waals surface area contributed by atoms with E-state index < -0.39 is 0 Å². The van der Waals surface area contributed by atoms with Crippen molar-refractivity contribution in [2.45, 2.75) is 32.6 Å². The van der Waals surface area contributed by atoms with Crippen LogP contribution < -0.4 is 10.1 Å². The quantitative estimate of drug-likeness (QED) is 0.873. The topological polar surface area (TPSA) is 83.1 Å². The first-order valence-electron chi connectivity index (χ1n) is 8.76. The number of urea groups is 1. The summed E-state index contributed by atoms with van der Waals surface area (Å²) in [5.41, 5.74) is 0.669. The molecule has 2 aromatic heterocycles. The van der Waals surface area contributed by atoms with E-state index in [2.05, 4.69) is 34.1 Å². The van der Waals surface area contributed by atoms with E-state index >= 15 is 0 Å².